The average Bonchev–Trinajstić information content (AvgIpc) is 2.89. The molecule has 0 radical (unpaired) electrons. The zero-order chi connectivity index (χ0) is 26.4. The van der Waals surface area contributed by atoms with Crippen LogP contribution in [0.5, 0.6) is 0 Å². The third-order valence-electron chi connectivity index (χ3n) is 5.03. The Balaban J connectivity index is 2.80. The second kappa shape index (κ2) is 19.7. The van der Waals surface area contributed by atoms with Crippen molar-refractivity contribution in [3.8, 4) is 0 Å². The smallest absolute Gasteiger partial charge is 0.338 e. The highest BCUT2D eigenvalue weighted by Crippen LogP contribution is 2.17. The van der Waals surface area contributed by atoms with Gasteiger partial charge in [-0.05, 0) is 63.1 Å². The van der Waals surface area contributed by atoms with Crippen LogP contribution in [0.1, 0.15) is 82.4 Å². The predicted molar refractivity (Wildman–Crippen MR) is 137 cm³/mol. The van der Waals surface area contributed by atoms with Crippen molar-refractivity contribution in [2.75, 3.05) is 33.0 Å². The molecule has 0 saturated heterocycles. The maximum absolute atomic E-state index is 12.8. The van der Waals surface area contributed by atoms with Gasteiger partial charge < -0.3 is 23.7 Å². The summed E-state index contributed by atoms with van der Waals surface area (Å²) in [5.41, 5.74) is 0.542. The summed E-state index contributed by atoms with van der Waals surface area (Å²) in [6, 6.07) is 4.33. The Hall–Kier alpha value is -3.55. The highest BCUT2D eigenvalue weighted by atomic mass is 16.5. The number of carbonyl (C=O) groups excluding carboxylic acids is 3. The molecule has 0 aromatic heterocycles. The number of unbranched alkanes of at least 4 members (excludes halogenated alkanes) is 4. The van der Waals surface area contributed by atoms with Gasteiger partial charge in [0.15, 0.2) is 5.78 Å². The number of hydrogen-bond donors (Lipinski definition) is 0. The second-order valence-corrected chi connectivity index (χ2v) is 7.83. The minimum atomic E-state index is -0.605. The molecule has 36 heavy (non-hydrogen) atoms. The lowest BCUT2D eigenvalue weighted by atomic mass is 9.99. The van der Waals surface area contributed by atoms with Crippen molar-refractivity contribution in [2.24, 2.45) is 0 Å². The summed E-state index contributed by atoms with van der Waals surface area (Å²) in [6.45, 7) is 12.3. The Bertz CT molecular complexity index is 724. The van der Waals surface area contributed by atoms with Crippen molar-refractivity contribution < 1.29 is 38.1 Å². The van der Waals surface area contributed by atoms with Gasteiger partial charge in [-0.25, -0.2) is 9.59 Å². The number of ketones is 1. The molecule has 0 heterocycles. The van der Waals surface area contributed by atoms with E-state index in [9.17, 15) is 14.4 Å². The molecule has 0 aliphatic rings. The van der Waals surface area contributed by atoms with E-state index < -0.39 is 11.9 Å². The average molecular weight is 503 g/mol. The molecule has 1 aromatic rings. The number of esters is 2. The Morgan fingerprint density at radius 1 is 0.556 bits per heavy atom. The van der Waals surface area contributed by atoms with Gasteiger partial charge >= 0.3 is 11.9 Å². The van der Waals surface area contributed by atoms with Gasteiger partial charge in [0.2, 0.25) is 0 Å². The zero-order valence-electron chi connectivity index (χ0n) is 21.0. The van der Waals surface area contributed by atoms with Crippen LogP contribution in [-0.4, -0.2) is 50.8 Å². The van der Waals surface area contributed by atoms with Gasteiger partial charge in [0, 0.05) is 12.0 Å². The highest BCUT2D eigenvalue weighted by molar-refractivity contribution is 6.02. The monoisotopic (exact) mass is 502 g/mol. The predicted octanol–water partition coefficient (Wildman–Crippen LogP) is 5.78. The van der Waals surface area contributed by atoms with Gasteiger partial charge in [-0.15, -0.1) is 0 Å². The van der Waals surface area contributed by atoms with E-state index in [0.717, 1.165) is 12.8 Å². The topological polar surface area (TPSA) is 97.4 Å². The van der Waals surface area contributed by atoms with Crippen LogP contribution in [0.15, 0.2) is 56.7 Å². The van der Waals surface area contributed by atoms with Crippen LogP contribution >= 0.6 is 0 Å². The number of rotatable bonds is 22. The van der Waals surface area contributed by atoms with Gasteiger partial charge in [-0.1, -0.05) is 19.7 Å². The Kier molecular flexibility index (Phi) is 16.7. The molecule has 0 saturated carbocycles. The fourth-order valence-corrected chi connectivity index (χ4v) is 3.14. The molecule has 198 valence electrons. The van der Waals surface area contributed by atoms with Gasteiger partial charge in [0.05, 0.1) is 62.9 Å². The van der Waals surface area contributed by atoms with E-state index >= 15 is 0 Å². The molecule has 1 rings (SSSR count). The molecule has 0 amide bonds. The summed E-state index contributed by atoms with van der Waals surface area (Å²) < 4.78 is 25.8. The van der Waals surface area contributed by atoms with E-state index in [2.05, 4.69) is 19.7 Å². The number of ether oxygens (including phenoxy) is 5. The van der Waals surface area contributed by atoms with E-state index in [1.54, 1.807) is 0 Å². The maximum Gasteiger partial charge on any atom is 0.338 e. The third-order valence-corrected chi connectivity index (χ3v) is 5.03. The normalized spacial score (nSPS) is 10.1. The molecular formula is C28H38O8. The summed E-state index contributed by atoms with van der Waals surface area (Å²) in [6.07, 6.45) is 9.28. The minimum absolute atomic E-state index is 0.133. The van der Waals surface area contributed by atoms with Crippen LogP contribution in [-0.2, 0) is 23.7 Å². The quantitative estimate of drug-likeness (QED) is 0.0851. The zero-order valence-corrected chi connectivity index (χ0v) is 21.0. The van der Waals surface area contributed by atoms with Crippen molar-refractivity contribution in [3.05, 3.63) is 73.4 Å². The van der Waals surface area contributed by atoms with Crippen LogP contribution in [0, 0.1) is 0 Å². The van der Waals surface area contributed by atoms with Crippen LogP contribution < -0.4 is 0 Å². The SMILES string of the molecule is C=COCCCCCC(=O)c1cc(C(=O)OCCCCOC=C)cc(C(=O)OCCCCOC=C)c1. The molecule has 0 atom stereocenters. The van der Waals surface area contributed by atoms with Crippen molar-refractivity contribution in [3.63, 3.8) is 0 Å². The molecule has 0 fully saturated rings. The lowest BCUT2D eigenvalue weighted by Gasteiger charge is -2.10. The first-order valence-corrected chi connectivity index (χ1v) is 12.2. The maximum atomic E-state index is 12.8. The fourth-order valence-electron chi connectivity index (χ4n) is 3.14. The van der Waals surface area contributed by atoms with Crippen LogP contribution in [0.3, 0.4) is 0 Å². The molecule has 8 nitrogen and oxygen atoms in total. The molecule has 0 spiro atoms. The highest BCUT2D eigenvalue weighted by Gasteiger charge is 2.18. The number of carbonyl (C=O) groups is 3. The van der Waals surface area contributed by atoms with E-state index in [4.69, 9.17) is 23.7 Å². The summed E-state index contributed by atoms with van der Waals surface area (Å²) in [7, 11) is 0. The lowest BCUT2D eigenvalue weighted by molar-refractivity contribution is 0.0489. The largest absolute Gasteiger partial charge is 0.502 e. The lowest BCUT2D eigenvalue weighted by Crippen LogP contribution is -2.13. The molecule has 0 aliphatic carbocycles. The van der Waals surface area contributed by atoms with Crippen LogP contribution in [0.25, 0.3) is 0 Å². The second-order valence-electron chi connectivity index (χ2n) is 7.83. The van der Waals surface area contributed by atoms with Crippen molar-refractivity contribution in [1.82, 2.24) is 0 Å². The molecule has 0 aliphatic heterocycles. The minimum Gasteiger partial charge on any atom is -0.502 e. The Morgan fingerprint density at radius 3 is 1.39 bits per heavy atom. The Labute approximate surface area is 213 Å². The molecule has 0 unspecified atom stereocenters. The number of Topliss-reactive ketones (excluding diaryl/α,β-unsaturated/α-hetero) is 1. The number of benzene rings is 1. The van der Waals surface area contributed by atoms with E-state index in [0.29, 0.717) is 51.9 Å². The van der Waals surface area contributed by atoms with Gasteiger partial charge in [0.1, 0.15) is 0 Å². The summed E-state index contributed by atoms with van der Waals surface area (Å²) >= 11 is 0. The molecular weight excluding hydrogens is 464 g/mol. The first-order valence-electron chi connectivity index (χ1n) is 12.2. The first kappa shape index (κ1) is 30.5. The van der Waals surface area contributed by atoms with Gasteiger partial charge in [-0.3, -0.25) is 4.79 Å². The first-order chi connectivity index (χ1) is 17.5. The summed E-state index contributed by atoms with van der Waals surface area (Å²) in [5, 5.41) is 0. The van der Waals surface area contributed by atoms with Gasteiger partial charge in [0.25, 0.3) is 0 Å². The van der Waals surface area contributed by atoms with Crippen LogP contribution in [0.2, 0.25) is 0 Å². The summed E-state index contributed by atoms with van der Waals surface area (Å²) in [5.74, 6) is -1.37. The third kappa shape index (κ3) is 13.4. The molecule has 8 heteroatoms. The van der Waals surface area contributed by atoms with Gasteiger partial charge in [-0.2, -0.15) is 0 Å². The fraction of sp³-hybridized carbons (Fsp3) is 0.464. The Morgan fingerprint density at radius 2 is 0.944 bits per heavy atom. The van der Waals surface area contributed by atoms with E-state index in [1.807, 2.05) is 0 Å². The number of hydrogen-bond acceptors (Lipinski definition) is 8. The van der Waals surface area contributed by atoms with Crippen molar-refractivity contribution in [2.45, 2.75) is 51.4 Å². The molecule has 1 aromatic carbocycles. The van der Waals surface area contributed by atoms with Crippen molar-refractivity contribution in [1.29, 1.82) is 0 Å². The molecule has 0 bridgehead atoms. The van der Waals surface area contributed by atoms with E-state index in [1.165, 1.54) is 37.0 Å². The molecule has 0 N–H and O–H groups in total. The van der Waals surface area contributed by atoms with Crippen LogP contribution in [0.4, 0.5) is 0 Å². The summed E-state index contributed by atoms with van der Waals surface area (Å²) in [4.78, 5) is 38.1. The standard InChI is InChI=1S/C28H38O8/c1-4-32-15-9-7-8-14-26(29)23-20-24(27(30)35-18-12-10-16-33-5-2)22-25(21-23)28(31)36-19-13-11-17-34-6-3/h4-6,20-22H,1-3,7-19H2. The van der Waals surface area contributed by atoms with Crippen molar-refractivity contribution >= 4 is 17.7 Å². The van der Waals surface area contributed by atoms with E-state index in [-0.39, 0.29) is 42.1 Å².